The summed E-state index contributed by atoms with van der Waals surface area (Å²) in [7, 11) is 0. The highest BCUT2D eigenvalue weighted by Gasteiger charge is 2.28. The van der Waals surface area contributed by atoms with E-state index in [1.807, 2.05) is 19.1 Å². The van der Waals surface area contributed by atoms with Crippen LogP contribution in [0.15, 0.2) is 54.9 Å². The lowest BCUT2D eigenvalue weighted by Gasteiger charge is -2.20. The first kappa shape index (κ1) is 20.6. The normalized spacial score (nSPS) is 18.6. The van der Waals surface area contributed by atoms with Crippen molar-refractivity contribution in [2.24, 2.45) is 0 Å². The lowest BCUT2D eigenvalue weighted by atomic mass is 9.92. The number of aromatic nitrogens is 3. The minimum absolute atomic E-state index is 0.398. The maximum atomic E-state index is 6.06. The molecule has 30 heavy (non-hydrogen) atoms. The summed E-state index contributed by atoms with van der Waals surface area (Å²) in [5.41, 5.74) is 6.90. The fourth-order valence-electron chi connectivity index (χ4n) is 4.14. The number of benzene rings is 1. The Hall–Kier alpha value is -2.63. The molecule has 1 fully saturated rings. The predicted octanol–water partition coefficient (Wildman–Crippen LogP) is 4.25. The Morgan fingerprint density at radius 1 is 1.03 bits per heavy atom. The molecule has 1 aliphatic heterocycles. The third-order valence-corrected chi connectivity index (χ3v) is 5.94. The molecule has 5 heteroatoms. The van der Waals surface area contributed by atoms with Crippen LogP contribution in [0.3, 0.4) is 0 Å². The Morgan fingerprint density at radius 3 is 2.63 bits per heavy atom. The predicted molar refractivity (Wildman–Crippen MR) is 119 cm³/mol. The van der Waals surface area contributed by atoms with E-state index in [0.29, 0.717) is 12.0 Å². The van der Waals surface area contributed by atoms with Gasteiger partial charge < -0.3 is 10.1 Å². The van der Waals surface area contributed by atoms with Crippen LogP contribution >= 0.6 is 0 Å². The fourth-order valence-corrected chi connectivity index (χ4v) is 4.14. The Bertz CT molecular complexity index is 943. The molecule has 0 aliphatic carbocycles. The number of hydrogen-bond donors (Lipinski definition) is 1. The van der Waals surface area contributed by atoms with Crippen LogP contribution in [0, 0.1) is 13.8 Å². The van der Waals surface area contributed by atoms with E-state index in [4.69, 9.17) is 4.74 Å². The maximum Gasteiger partial charge on any atom is 0.0933 e. The maximum absolute atomic E-state index is 6.06. The lowest BCUT2D eigenvalue weighted by molar-refractivity contribution is 0.110. The van der Waals surface area contributed by atoms with Crippen molar-refractivity contribution in [1.82, 2.24) is 20.5 Å². The van der Waals surface area contributed by atoms with Crippen molar-refractivity contribution in [3.8, 4) is 11.3 Å². The van der Waals surface area contributed by atoms with Crippen molar-refractivity contribution in [1.29, 1.82) is 0 Å². The smallest absolute Gasteiger partial charge is 0.0933 e. The van der Waals surface area contributed by atoms with Gasteiger partial charge in [-0.15, -0.1) is 0 Å². The van der Waals surface area contributed by atoms with E-state index in [1.54, 1.807) is 12.4 Å². The molecule has 156 valence electrons. The monoisotopic (exact) mass is 402 g/mol. The highest BCUT2D eigenvalue weighted by Crippen LogP contribution is 2.28. The minimum atomic E-state index is 0.398. The van der Waals surface area contributed by atoms with Gasteiger partial charge in [-0.25, -0.2) is 0 Å². The van der Waals surface area contributed by atoms with Crippen LogP contribution in [-0.4, -0.2) is 41.0 Å². The number of pyridine rings is 1. The second-order valence-electron chi connectivity index (χ2n) is 8.12. The van der Waals surface area contributed by atoms with Gasteiger partial charge in [-0.05, 0) is 69.0 Å². The van der Waals surface area contributed by atoms with Crippen LogP contribution in [0.2, 0.25) is 0 Å². The molecular weight excluding hydrogens is 372 g/mol. The number of hydrogen-bond acceptors (Lipinski definition) is 5. The van der Waals surface area contributed by atoms with E-state index < -0.39 is 0 Å². The Balaban J connectivity index is 1.27. The summed E-state index contributed by atoms with van der Waals surface area (Å²) in [4.78, 5) is 4.07. The first-order valence-electron chi connectivity index (χ1n) is 10.8. The van der Waals surface area contributed by atoms with Crippen LogP contribution in [0.25, 0.3) is 11.3 Å². The SMILES string of the molecule is Cc1ccc([C@H]2CCN[C@@H]2COCCCc2cc(-c3ccncc3)nnc2C)cc1. The molecule has 1 aliphatic rings. The number of rotatable bonds is 8. The van der Waals surface area contributed by atoms with Gasteiger partial charge in [-0.3, -0.25) is 4.98 Å². The van der Waals surface area contributed by atoms with Gasteiger partial charge in [0.15, 0.2) is 0 Å². The molecule has 2 aromatic heterocycles. The average Bonchev–Trinajstić information content (AvgIpc) is 3.24. The van der Waals surface area contributed by atoms with Crippen LogP contribution in [0.4, 0.5) is 0 Å². The topological polar surface area (TPSA) is 59.9 Å². The molecule has 0 bridgehead atoms. The lowest BCUT2D eigenvalue weighted by Crippen LogP contribution is -2.31. The molecule has 0 saturated carbocycles. The Kier molecular flexibility index (Phi) is 6.82. The highest BCUT2D eigenvalue weighted by molar-refractivity contribution is 5.58. The molecule has 0 amide bonds. The first-order valence-corrected chi connectivity index (χ1v) is 10.8. The number of nitrogens with one attached hydrogen (secondary N) is 1. The van der Waals surface area contributed by atoms with Crippen LogP contribution in [0.5, 0.6) is 0 Å². The molecule has 3 heterocycles. The average molecular weight is 403 g/mol. The standard InChI is InChI=1S/C25H30N4O/c1-18-5-7-20(8-6-18)23-11-14-27-25(23)17-30-15-3-4-22-16-24(29-28-19(22)2)21-9-12-26-13-10-21/h5-10,12-13,16,23,25,27H,3-4,11,14-15,17H2,1-2H3/t23-,25-/m1/s1. The van der Waals surface area contributed by atoms with Gasteiger partial charge in [0.25, 0.3) is 0 Å². The summed E-state index contributed by atoms with van der Waals surface area (Å²) >= 11 is 0. The quantitative estimate of drug-likeness (QED) is 0.571. The second kappa shape index (κ2) is 9.92. The van der Waals surface area contributed by atoms with Crippen molar-refractivity contribution < 1.29 is 4.74 Å². The number of aryl methyl sites for hydroxylation is 3. The van der Waals surface area contributed by atoms with Gasteiger partial charge in [0.05, 0.1) is 18.0 Å². The summed E-state index contributed by atoms with van der Waals surface area (Å²) < 4.78 is 6.06. The Labute approximate surface area is 178 Å². The van der Waals surface area contributed by atoms with Gasteiger partial charge in [0.1, 0.15) is 0 Å². The summed E-state index contributed by atoms with van der Waals surface area (Å²) in [5, 5.41) is 12.3. The van der Waals surface area contributed by atoms with Crippen LogP contribution in [0.1, 0.15) is 41.1 Å². The molecule has 5 nitrogen and oxygen atoms in total. The third-order valence-electron chi connectivity index (χ3n) is 5.94. The van der Waals surface area contributed by atoms with Crippen LogP contribution < -0.4 is 5.32 Å². The fraction of sp³-hybridized carbons (Fsp3) is 0.400. The van der Waals surface area contributed by atoms with E-state index in [2.05, 4.69) is 57.8 Å². The van der Waals surface area contributed by atoms with E-state index in [0.717, 1.165) is 49.6 Å². The number of nitrogens with zero attached hydrogens (tertiary/aromatic N) is 3. The van der Waals surface area contributed by atoms with E-state index in [1.165, 1.54) is 23.1 Å². The Morgan fingerprint density at radius 2 is 1.83 bits per heavy atom. The van der Waals surface area contributed by atoms with Crippen molar-refractivity contribution in [3.63, 3.8) is 0 Å². The van der Waals surface area contributed by atoms with E-state index >= 15 is 0 Å². The van der Waals surface area contributed by atoms with Gasteiger partial charge in [-0.1, -0.05) is 29.8 Å². The summed E-state index contributed by atoms with van der Waals surface area (Å²) in [6.45, 7) is 6.73. The van der Waals surface area contributed by atoms with E-state index in [-0.39, 0.29) is 0 Å². The molecule has 1 saturated heterocycles. The summed E-state index contributed by atoms with van der Waals surface area (Å²) in [5.74, 6) is 0.542. The summed E-state index contributed by atoms with van der Waals surface area (Å²) in [6.07, 6.45) is 6.66. The zero-order chi connectivity index (χ0) is 20.8. The van der Waals surface area contributed by atoms with E-state index in [9.17, 15) is 0 Å². The largest absolute Gasteiger partial charge is 0.380 e. The van der Waals surface area contributed by atoms with Crippen molar-refractivity contribution in [2.45, 2.75) is 45.1 Å². The third kappa shape index (κ3) is 5.10. The van der Waals surface area contributed by atoms with Gasteiger partial charge in [-0.2, -0.15) is 10.2 Å². The van der Waals surface area contributed by atoms with Crippen LogP contribution in [-0.2, 0) is 11.2 Å². The highest BCUT2D eigenvalue weighted by atomic mass is 16.5. The second-order valence-corrected chi connectivity index (χ2v) is 8.12. The molecule has 0 radical (unpaired) electrons. The van der Waals surface area contributed by atoms with Crippen molar-refractivity contribution in [2.75, 3.05) is 19.8 Å². The minimum Gasteiger partial charge on any atom is -0.380 e. The van der Waals surface area contributed by atoms with Crippen molar-refractivity contribution in [3.05, 3.63) is 77.2 Å². The molecule has 0 spiro atoms. The molecule has 1 N–H and O–H groups in total. The molecular formula is C25H30N4O. The number of ether oxygens (including phenoxy) is 1. The first-order chi connectivity index (χ1) is 14.7. The molecule has 4 rings (SSSR count). The molecule has 1 aromatic carbocycles. The molecule has 0 unspecified atom stereocenters. The zero-order valence-electron chi connectivity index (χ0n) is 17.8. The van der Waals surface area contributed by atoms with Gasteiger partial charge >= 0.3 is 0 Å². The van der Waals surface area contributed by atoms with Gasteiger partial charge in [0, 0.05) is 36.5 Å². The zero-order valence-corrected chi connectivity index (χ0v) is 17.8. The molecule has 3 aromatic rings. The molecule has 2 atom stereocenters. The van der Waals surface area contributed by atoms with Gasteiger partial charge in [0.2, 0.25) is 0 Å². The summed E-state index contributed by atoms with van der Waals surface area (Å²) in [6, 6.07) is 15.4. The van der Waals surface area contributed by atoms with Crippen molar-refractivity contribution >= 4 is 0 Å².